The number of esters is 1. The lowest BCUT2D eigenvalue weighted by Gasteiger charge is -2.07. The fourth-order valence-electron chi connectivity index (χ4n) is 2.43. The van der Waals surface area contributed by atoms with Crippen molar-refractivity contribution in [2.24, 2.45) is 4.99 Å². The number of phenols is 1. The summed E-state index contributed by atoms with van der Waals surface area (Å²) in [6.07, 6.45) is 1.58. The summed E-state index contributed by atoms with van der Waals surface area (Å²) in [6.45, 7) is 2.06. The van der Waals surface area contributed by atoms with Crippen molar-refractivity contribution in [3.63, 3.8) is 0 Å². The van der Waals surface area contributed by atoms with E-state index in [2.05, 4.69) is 4.99 Å². The standard InChI is InChI=1S/C20H17ClN2O4S/c1-3-27-19(26)12-4-7-15(8-5-12)22-20-23(2)18(25)17(28-20)11-13-10-14(21)6-9-16(13)24/h4-11,24H,3H2,1-2H3. The van der Waals surface area contributed by atoms with Crippen molar-refractivity contribution in [1.82, 2.24) is 4.90 Å². The van der Waals surface area contributed by atoms with E-state index in [-0.39, 0.29) is 11.7 Å². The second kappa shape index (κ2) is 8.50. The number of ether oxygens (including phenoxy) is 1. The summed E-state index contributed by atoms with van der Waals surface area (Å²) in [7, 11) is 1.62. The van der Waals surface area contributed by atoms with Crippen LogP contribution in [0.15, 0.2) is 52.4 Å². The zero-order valence-electron chi connectivity index (χ0n) is 15.2. The van der Waals surface area contributed by atoms with Gasteiger partial charge in [0, 0.05) is 17.6 Å². The Morgan fingerprint density at radius 3 is 2.68 bits per heavy atom. The Morgan fingerprint density at radius 2 is 2.00 bits per heavy atom. The van der Waals surface area contributed by atoms with E-state index in [9.17, 15) is 14.7 Å². The van der Waals surface area contributed by atoms with Crippen LogP contribution in [0.4, 0.5) is 5.69 Å². The number of rotatable bonds is 4. The van der Waals surface area contributed by atoms with E-state index in [0.717, 1.165) is 0 Å². The maximum Gasteiger partial charge on any atom is 0.338 e. The summed E-state index contributed by atoms with van der Waals surface area (Å²) in [5.41, 5.74) is 1.49. The minimum Gasteiger partial charge on any atom is -0.507 e. The van der Waals surface area contributed by atoms with Crippen LogP contribution in [-0.4, -0.2) is 40.7 Å². The Bertz CT molecular complexity index is 986. The number of carbonyl (C=O) groups excluding carboxylic acids is 2. The van der Waals surface area contributed by atoms with Gasteiger partial charge in [-0.3, -0.25) is 9.69 Å². The molecule has 1 fully saturated rings. The molecule has 2 aromatic rings. The second-order valence-electron chi connectivity index (χ2n) is 5.84. The molecule has 0 unspecified atom stereocenters. The van der Waals surface area contributed by atoms with Crippen molar-refractivity contribution >= 4 is 52.2 Å². The van der Waals surface area contributed by atoms with Crippen molar-refractivity contribution in [1.29, 1.82) is 0 Å². The Morgan fingerprint density at radius 1 is 1.29 bits per heavy atom. The fraction of sp³-hybridized carbons (Fsp3) is 0.150. The SMILES string of the molecule is CCOC(=O)c1ccc(N=C2SC(=Cc3cc(Cl)ccc3O)C(=O)N2C)cc1. The van der Waals surface area contributed by atoms with Gasteiger partial charge in [0.05, 0.1) is 22.8 Å². The molecular formula is C20H17ClN2O4S. The number of phenolic OH excluding ortho intramolecular Hbond substituents is 1. The minimum absolute atomic E-state index is 0.0351. The highest BCUT2D eigenvalue weighted by Crippen LogP contribution is 2.35. The van der Waals surface area contributed by atoms with Crippen molar-refractivity contribution in [2.75, 3.05) is 13.7 Å². The van der Waals surface area contributed by atoms with Gasteiger partial charge in [0.1, 0.15) is 5.75 Å². The maximum absolute atomic E-state index is 12.5. The van der Waals surface area contributed by atoms with Crippen LogP contribution in [0, 0.1) is 0 Å². The molecule has 1 aliphatic heterocycles. The third-order valence-corrected chi connectivity index (χ3v) is 5.18. The Hall–Kier alpha value is -2.77. The number of benzene rings is 2. The van der Waals surface area contributed by atoms with Gasteiger partial charge in [0.2, 0.25) is 0 Å². The van der Waals surface area contributed by atoms with E-state index >= 15 is 0 Å². The monoisotopic (exact) mass is 416 g/mol. The molecule has 6 nitrogen and oxygen atoms in total. The van der Waals surface area contributed by atoms with Crippen LogP contribution in [0.1, 0.15) is 22.8 Å². The van der Waals surface area contributed by atoms with Gasteiger partial charge in [-0.15, -0.1) is 0 Å². The summed E-state index contributed by atoms with van der Waals surface area (Å²) >= 11 is 7.15. The molecule has 1 heterocycles. The van der Waals surface area contributed by atoms with Crippen molar-refractivity contribution in [3.8, 4) is 5.75 Å². The molecule has 1 saturated heterocycles. The largest absolute Gasteiger partial charge is 0.507 e. The Kier molecular flexibility index (Phi) is 6.06. The number of aliphatic imine (C=N–C) groups is 1. The number of carbonyl (C=O) groups is 2. The number of amidine groups is 1. The molecule has 0 radical (unpaired) electrons. The van der Waals surface area contributed by atoms with E-state index in [1.165, 1.54) is 22.7 Å². The van der Waals surface area contributed by atoms with Crippen molar-refractivity contribution in [2.45, 2.75) is 6.92 Å². The molecule has 144 valence electrons. The first-order chi connectivity index (χ1) is 13.4. The van der Waals surface area contributed by atoms with Gasteiger partial charge in [-0.1, -0.05) is 11.6 Å². The topological polar surface area (TPSA) is 79.2 Å². The summed E-state index contributed by atoms with van der Waals surface area (Å²) in [5.74, 6) is -0.588. The highest BCUT2D eigenvalue weighted by Gasteiger charge is 2.30. The predicted octanol–water partition coefficient (Wildman–Crippen LogP) is 4.46. The predicted molar refractivity (Wildman–Crippen MR) is 111 cm³/mol. The number of aromatic hydroxyl groups is 1. The van der Waals surface area contributed by atoms with Crippen LogP contribution >= 0.6 is 23.4 Å². The Labute approximate surface area is 171 Å². The number of nitrogens with zero attached hydrogens (tertiary/aromatic N) is 2. The lowest BCUT2D eigenvalue weighted by Crippen LogP contribution is -2.23. The Balaban J connectivity index is 1.84. The normalized spacial score (nSPS) is 16.8. The van der Waals surface area contributed by atoms with Gasteiger partial charge in [-0.2, -0.15) is 0 Å². The van der Waals surface area contributed by atoms with Gasteiger partial charge in [-0.25, -0.2) is 9.79 Å². The molecule has 0 aromatic heterocycles. The molecule has 0 atom stereocenters. The van der Waals surface area contributed by atoms with E-state index in [1.54, 1.807) is 56.4 Å². The molecule has 0 bridgehead atoms. The molecule has 1 aliphatic rings. The summed E-state index contributed by atoms with van der Waals surface area (Å²) in [4.78, 5) is 30.5. The smallest absolute Gasteiger partial charge is 0.338 e. The van der Waals surface area contributed by atoms with Crippen molar-refractivity contribution in [3.05, 3.63) is 63.5 Å². The minimum atomic E-state index is -0.393. The first-order valence-corrected chi connectivity index (χ1v) is 9.60. The van der Waals surface area contributed by atoms with Crippen LogP contribution in [0.25, 0.3) is 6.08 Å². The summed E-state index contributed by atoms with van der Waals surface area (Å²) in [5, 5.41) is 10.9. The molecule has 0 saturated carbocycles. The number of hydrogen-bond acceptors (Lipinski definition) is 6. The van der Waals surface area contributed by atoms with Crippen LogP contribution < -0.4 is 0 Å². The molecule has 28 heavy (non-hydrogen) atoms. The first-order valence-electron chi connectivity index (χ1n) is 8.41. The molecule has 0 spiro atoms. The van der Waals surface area contributed by atoms with Gasteiger partial charge in [0.25, 0.3) is 5.91 Å². The van der Waals surface area contributed by atoms with Crippen LogP contribution in [-0.2, 0) is 9.53 Å². The molecule has 0 aliphatic carbocycles. The summed E-state index contributed by atoms with van der Waals surface area (Å²) in [6, 6.07) is 11.2. The molecule has 1 N–H and O–H groups in total. The quantitative estimate of drug-likeness (QED) is 0.588. The number of halogens is 1. The summed E-state index contributed by atoms with van der Waals surface area (Å²) < 4.78 is 4.95. The first kappa shape index (κ1) is 20.0. The molecule has 3 rings (SSSR count). The fourth-order valence-corrected chi connectivity index (χ4v) is 3.59. The van der Waals surface area contributed by atoms with Crippen molar-refractivity contribution < 1.29 is 19.4 Å². The van der Waals surface area contributed by atoms with E-state index in [1.807, 2.05) is 0 Å². The van der Waals surface area contributed by atoms with Crippen LogP contribution in [0.5, 0.6) is 5.75 Å². The average Bonchev–Trinajstić information content (AvgIpc) is 2.93. The second-order valence-corrected chi connectivity index (χ2v) is 7.29. The van der Waals surface area contributed by atoms with Crippen LogP contribution in [0.3, 0.4) is 0 Å². The zero-order chi connectivity index (χ0) is 20.3. The van der Waals surface area contributed by atoms with Gasteiger partial charge in [0.15, 0.2) is 5.17 Å². The molecule has 2 aromatic carbocycles. The number of thioether (sulfide) groups is 1. The lowest BCUT2D eigenvalue weighted by molar-refractivity contribution is -0.121. The highest BCUT2D eigenvalue weighted by atomic mass is 35.5. The zero-order valence-corrected chi connectivity index (χ0v) is 16.8. The van der Waals surface area contributed by atoms with Crippen LogP contribution in [0.2, 0.25) is 5.02 Å². The maximum atomic E-state index is 12.5. The number of amides is 1. The average molecular weight is 417 g/mol. The number of likely N-dealkylation sites (N-methyl/N-ethyl adjacent to an activating group) is 1. The third kappa shape index (κ3) is 4.37. The van der Waals surface area contributed by atoms with E-state index < -0.39 is 5.97 Å². The van der Waals surface area contributed by atoms with Gasteiger partial charge < -0.3 is 9.84 Å². The molecular weight excluding hydrogens is 400 g/mol. The number of hydrogen-bond donors (Lipinski definition) is 1. The van der Waals surface area contributed by atoms with E-state index in [4.69, 9.17) is 16.3 Å². The van der Waals surface area contributed by atoms with E-state index in [0.29, 0.717) is 38.5 Å². The van der Waals surface area contributed by atoms with Gasteiger partial charge >= 0.3 is 5.97 Å². The third-order valence-electron chi connectivity index (χ3n) is 3.88. The van der Waals surface area contributed by atoms with Gasteiger partial charge in [-0.05, 0) is 67.2 Å². The molecule has 1 amide bonds. The molecule has 8 heteroatoms. The highest BCUT2D eigenvalue weighted by molar-refractivity contribution is 8.18. The lowest BCUT2D eigenvalue weighted by atomic mass is 10.2.